The van der Waals surface area contributed by atoms with Crippen molar-refractivity contribution in [2.24, 2.45) is 5.92 Å². The molecular formula is C12H18ClNO. The number of nitrogens with zero attached hydrogens (tertiary/aromatic N) is 1. The second kappa shape index (κ2) is 5.96. The highest BCUT2D eigenvalue weighted by atomic mass is 35.5. The number of aromatic nitrogens is 1. The van der Waals surface area contributed by atoms with Crippen LogP contribution in [-0.2, 0) is 5.88 Å². The van der Waals surface area contributed by atoms with Gasteiger partial charge in [-0.15, -0.1) is 11.6 Å². The summed E-state index contributed by atoms with van der Waals surface area (Å²) in [5.41, 5.74) is 1.81. The minimum atomic E-state index is 0.401. The van der Waals surface area contributed by atoms with Gasteiger partial charge in [0.25, 0.3) is 0 Å². The van der Waals surface area contributed by atoms with Gasteiger partial charge in [0.05, 0.1) is 18.2 Å². The second-order valence-corrected chi connectivity index (χ2v) is 4.33. The molecule has 0 unspecified atom stereocenters. The Morgan fingerprint density at radius 1 is 1.40 bits per heavy atom. The predicted octanol–water partition coefficient (Wildman–Crippen LogP) is 3.55. The molecule has 1 rings (SSSR count). The number of aryl methyl sites for hydroxylation is 1. The Morgan fingerprint density at radius 3 is 2.73 bits per heavy atom. The van der Waals surface area contributed by atoms with Crippen LogP contribution in [-0.4, -0.2) is 11.6 Å². The van der Waals surface area contributed by atoms with E-state index in [4.69, 9.17) is 16.3 Å². The lowest BCUT2D eigenvalue weighted by atomic mass is 10.1. The van der Waals surface area contributed by atoms with Gasteiger partial charge in [-0.1, -0.05) is 13.8 Å². The zero-order chi connectivity index (χ0) is 11.3. The summed E-state index contributed by atoms with van der Waals surface area (Å²) in [7, 11) is 0. The fourth-order valence-corrected chi connectivity index (χ4v) is 1.42. The average molecular weight is 228 g/mol. The third kappa shape index (κ3) is 4.08. The molecule has 0 N–H and O–H groups in total. The lowest BCUT2D eigenvalue weighted by Crippen LogP contribution is -2.04. The van der Waals surface area contributed by atoms with Crippen LogP contribution in [0.2, 0.25) is 0 Å². The lowest BCUT2D eigenvalue weighted by molar-refractivity contribution is 0.286. The topological polar surface area (TPSA) is 22.1 Å². The van der Waals surface area contributed by atoms with Crippen LogP contribution in [0, 0.1) is 12.8 Å². The number of halogens is 1. The molecule has 15 heavy (non-hydrogen) atoms. The zero-order valence-corrected chi connectivity index (χ0v) is 10.3. The predicted molar refractivity (Wildman–Crippen MR) is 63.5 cm³/mol. The van der Waals surface area contributed by atoms with E-state index in [2.05, 4.69) is 18.8 Å². The van der Waals surface area contributed by atoms with Crippen LogP contribution in [0.25, 0.3) is 0 Å². The Bertz CT molecular complexity index is 312. The molecule has 0 amide bonds. The van der Waals surface area contributed by atoms with Gasteiger partial charge in [-0.25, -0.2) is 0 Å². The highest BCUT2D eigenvalue weighted by Crippen LogP contribution is 2.19. The molecule has 0 spiro atoms. The summed E-state index contributed by atoms with van der Waals surface area (Å²) < 4.78 is 5.65. The minimum Gasteiger partial charge on any atom is -0.492 e. The van der Waals surface area contributed by atoms with Gasteiger partial charge >= 0.3 is 0 Å². The highest BCUT2D eigenvalue weighted by molar-refractivity contribution is 6.17. The molecule has 84 valence electrons. The molecule has 0 aliphatic rings. The molecule has 0 saturated carbocycles. The number of rotatable bonds is 5. The first kappa shape index (κ1) is 12.3. The summed E-state index contributed by atoms with van der Waals surface area (Å²) in [4.78, 5) is 4.33. The van der Waals surface area contributed by atoms with Crippen molar-refractivity contribution >= 4 is 11.6 Å². The second-order valence-electron chi connectivity index (χ2n) is 4.06. The van der Waals surface area contributed by atoms with Crippen LogP contribution in [0.3, 0.4) is 0 Å². The molecule has 3 heteroatoms. The Hall–Kier alpha value is -0.760. The number of pyridine rings is 1. The van der Waals surface area contributed by atoms with E-state index in [-0.39, 0.29) is 0 Å². The molecule has 0 radical (unpaired) electrons. The lowest BCUT2D eigenvalue weighted by Gasteiger charge is -2.10. The van der Waals surface area contributed by atoms with Crippen molar-refractivity contribution in [3.05, 3.63) is 23.5 Å². The van der Waals surface area contributed by atoms with E-state index in [1.807, 2.05) is 19.1 Å². The van der Waals surface area contributed by atoms with Crippen molar-refractivity contribution < 1.29 is 4.74 Å². The van der Waals surface area contributed by atoms with Gasteiger partial charge in [0, 0.05) is 5.69 Å². The average Bonchev–Trinajstić information content (AvgIpc) is 2.19. The van der Waals surface area contributed by atoms with Gasteiger partial charge in [0.1, 0.15) is 5.75 Å². The van der Waals surface area contributed by atoms with Crippen molar-refractivity contribution in [2.75, 3.05) is 6.61 Å². The van der Waals surface area contributed by atoms with E-state index in [9.17, 15) is 0 Å². The first-order valence-corrected chi connectivity index (χ1v) is 5.82. The molecule has 2 nitrogen and oxygen atoms in total. The van der Waals surface area contributed by atoms with Crippen LogP contribution >= 0.6 is 11.6 Å². The Balaban J connectivity index is 2.60. The van der Waals surface area contributed by atoms with Gasteiger partial charge in [-0.2, -0.15) is 0 Å². The van der Waals surface area contributed by atoms with E-state index in [0.717, 1.165) is 30.2 Å². The summed E-state index contributed by atoms with van der Waals surface area (Å²) in [6.45, 7) is 7.04. The minimum absolute atomic E-state index is 0.401. The van der Waals surface area contributed by atoms with Crippen molar-refractivity contribution in [3.63, 3.8) is 0 Å². The fraction of sp³-hybridized carbons (Fsp3) is 0.583. The maximum absolute atomic E-state index is 5.80. The number of hydrogen-bond acceptors (Lipinski definition) is 2. The Kier molecular flexibility index (Phi) is 4.89. The van der Waals surface area contributed by atoms with Crippen molar-refractivity contribution in [2.45, 2.75) is 33.1 Å². The fourth-order valence-electron chi connectivity index (χ4n) is 1.23. The SMILES string of the molecule is Cc1ccc(OCCC(C)C)c(CCl)n1. The first-order chi connectivity index (χ1) is 7.13. The number of hydrogen-bond donors (Lipinski definition) is 0. The molecule has 1 aromatic heterocycles. The van der Waals surface area contributed by atoms with E-state index < -0.39 is 0 Å². The monoisotopic (exact) mass is 227 g/mol. The van der Waals surface area contributed by atoms with Gasteiger partial charge in [0.2, 0.25) is 0 Å². The zero-order valence-electron chi connectivity index (χ0n) is 9.59. The van der Waals surface area contributed by atoms with Gasteiger partial charge in [0.15, 0.2) is 0 Å². The highest BCUT2D eigenvalue weighted by Gasteiger charge is 2.04. The molecule has 1 heterocycles. The summed E-state index contributed by atoms with van der Waals surface area (Å²) in [6, 6.07) is 3.89. The molecule has 0 saturated heterocycles. The smallest absolute Gasteiger partial charge is 0.142 e. The van der Waals surface area contributed by atoms with E-state index >= 15 is 0 Å². The third-order valence-corrected chi connectivity index (χ3v) is 2.40. The first-order valence-electron chi connectivity index (χ1n) is 5.28. The number of alkyl halides is 1. The summed E-state index contributed by atoms with van der Waals surface area (Å²) in [6.07, 6.45) is 1.05. The van der Waals surface area contributed by atoms with Crippen LogP contribution in [0.15, 0.2) is 12.1 Å². The van der Waals surface area contributed by atoms with Crippen molar-refractivity contribution in [1.82, 2.24) is 4.98 Å². The summed E-state index contributed by atoms with van der Waals surface area (Å²) in [5.74, 6) is 1.87. The molecule has 0 aliphatic carbocycles. The van der Waals surface area contributed by atoms with Crippen molar-refractivity contribution in [1.29, 1.82) is 0 Å². The molecule has 0 aromatic carbocycles. The maximum Gasteiger partial charge on any atom is 0.142 e. The van der Waals surface area contributed by atoms with E-state index in [1.165, 1.54) is 0 Å². The molecular weight excluding hydrogens is 210 g/mol. The van der Waals surface area contributed by atoms with Crippen LogP contribution in [0.1, 0.15) is 31.7 Å². The Labute approximate surface area is 96.6 Å². The van der Waals surface area contributed by atoms with Crippen LogP contribution < -0.4 is 4.74 Å². The summed E-state index contributed by atoms with van der Waals surface area (Å²) in [5, 5.41) is 0. The van der Waals surface area contributed by atoms with Crippen molar-refractivity contribution in [3.8, 4) is 5.75 Å². The summed E-state index contributed by atoms with van der Waals surface area (Å²) >= 11 is 5.80. The Morgan fingerprint density at radius 2 is 2.13 bits per heavy atom. The molecule has 0 fully saturated rings. The maximum atomic E-state index is 5.80. The quantitative estimate of drug-likeness (QED) is 0.718. The van der Waals surface area contributed by atoms with Crippen LogP contribution in [0.4, 0.5) is 0 Å². The van der Waals surface area contributed by atoms with E-state index in [0.29, 0.717) is 11.8 Å². The van der Waals surface area contributed by atoms with Crippen LogP contribution in [0.5, 0.6) is 5.75 Å². The third-order valence-electron chi connectivity index (χ3n) is 2.15. The standard InChI is InChI=1S/C12H18ClNO/c1-9(2)6-7-15-12-5-4-10(3)14-11(12)8-13/h4-5,9H,6-8H2,1-3H3. The molecule has 0 aliphatic heterocycles. The van der Waals surface area contributed by atoms with Gasteiger partial charge in [-0.3, -0.25) is 4.98 Å². The normalized spacial score (nSPS) is 10.7. The molecule has 0 bridgehead atoms. The van der Waals surface area contributed by atoms with Gasteiger partial charge in [-0.05, 0) is 31.4 Å². The molecule has 0 atom stereocenters. The van der Waals surface area contributed by atoms with E-state index in [1.54, 1.807) is 0 Å². The van der Waals surface area contributed by atoms with Gasteiger partial charge < -0.3 is 4.74 Å². The largest absolute Gasteiger partial charge is 0.492 e. The number of ether oxygens (including phenoxy) is 1. The molecule has 1 aromatic rings.